The quantitative estimate of drug-likeness (QED) is 0.117. The maximum Gasteiger partial charge on any atom is 0.324 e. The number of ether oxygens (including phenoxy) is 2. The summed E-state index contributed by atoms with van der Waals surface area (Å²) in [5.41, 5.74) is 2.21. The number of hydrogen-bond donors (Lipinski definition) is 0. The third kappa shape index (κ3) is 7.31. The Labute approximate surface area is 267 Å². The summed E-state index contributed by atoms with van der Waals surface area (Å²) in [5.74, 6) is -1.21. The van der Waals surface area contributed by atoms with E-state index in [1.807, 2.05) is 61.5 Å². The smallest absolute Gasteiger partial charge is 0.324 e. The van der Waals surface area contributed by atoms with Gasteiger partial charge in [-0.15, -0.1) is 0 Å². The van der Waals surface area contributed by atoms with Crippen molar-refractivity contribution in [3.05, 3.63) is 84.2 Å². The summed E-state index contributed by atoms with van der Waals surface area (Å²) >= 11 is 0. The van der Waals surface area contributed by atoms with Crippen LogP contribution in [0, 0.1) is 11.2 Å². The van der Waals surface area contributed by atoms with Crippen LogP contribution in [0.5, 0.6) is 0 Å². The second kappa shape index (κ2) is 14.5. The first kappa shape index (κ1) is 32.5. The number of aromatic nitrogens is 2. The van der Waals surface area contributed by atoms with Gasteiger partial charge in [0.05, 0.1) is 0 Å². The molecule has 1 aromatic heterocycles. The number of amides is 1. The number of esters is 2. The Morgan fingerprint density at radius 1 is 0.935 bits per heavy atom. The zero-order chi connectivity index (χ0) is 32.7. The van der Waals surface area contributed by atoms with Crippen LogP contribution in [0.25, 0.3) is 34.0 Å². The van der Waals surface area contributed by atoms with Gasteiger partial charge in [0.2, 0.25) is 18.5 Å². The molecule has 1 amide bonds. The summed E-state index contributed by atoms with van der Waals surface area (Å²) in [7, 11) is 3.22. The molecule has 0 N–H and O–H groups in total. The Kier molecular flexibility index (Phi) is 10.2. The van der Waals surface area contributed by atoms with Gasteiger partial charge < -0.3 is 18.9 Å². The molecule has 4 aromatic rings. The fraction of sp³-hybridized carbons (Fsp3) is 0.343. The maximum atomic E-state index is 14.9. The van der Waals surface area contributed by atoms with Crippen molar-refractivity contribution in [2.75, 3.05) is 34.0 Å². The van der Waals surface area contributed by atoms with E-state index in [0.29, 0.717) is 43.0 Å². The normalized spacial score (nSPS) is 14.4. The number of likely N-dealkylation sites (tertiary alicyclic amines) is 1. The van der Waals surface area contributed by atoms with Crippen LogP contribution in [0.3, 0.4) is 0 Å². The fourth-order valence-electron chi connectivity index (χ4n) is 5.56. The Balaban J connectivity index is 1.19. The van der Waals surface area contributed by atoms with Crippen LogP contribution in [0.4, 0.5) is 4.39 Å². The van der Waals surface area contributed by atoms with Crippen LogP contribution >= 0.6 is 0 Å². The number of piperidine rings is 1. The van der Waals surface area contributed by atoms with Crippen molar-refractivity contribution in [3.8, 4) is 34.0 Å². The van der Waals surface area contributed by atoms with Gasteiger partial charge >= 0.3 is 11.9 Å². The van der Waals surface area contributed by atoms with Gasteiger partial charge in [0.1, 0.15) is 11.2 Å². The van der Waals surface area contributed by atoms with Crippen molar-refractivity contribution in [1.29, 1.82) is 0 Å². The molecule has 3 aromatic carbocycles. The lowest BCUT2D eigenvalue weighted by molar-refractivity contribution is -0.181. The zero-order valence-corrected chi connectivity index (χ0v) is 26.2. The van der Waals surface area contributed by atoms with Crippen molar-refractivity contribution in [2.24, 2.45) is 5.41 Å². The second-order valence-electron chi connectivity index (χ2n) is 11.6. The highest BCUT2D eigenvalue weighted by Gasteiger charge is 2.50. The average molecular weight is 629 g/mol. The first-order valence-electron chi connectivity index (χ1n) is 15.3. The van der Waals surface area contributed by atoms with Crippen LogP contribution in [0.2, 0.25) is 0 Å². The van der Waals surface area contributed by atoms with Gasteiger partial charge in [-0.3, -0.25) is 19.3 Å². The molecule has 0 bridgehead atoms. The molecular weight excluding hydrogens is 591 g/mol. The van der Waals surface area contributed by atoms with Gasteiger partial charge in [-0.1, -0.05) is 72.7 Å². The lowest BCUT2D eigenvalue weighted by Gasteiger charge is -2.39. The van der Waals surface area contributed by atoms with Crippen LogP contribution in [0.15, 0.2) is 77.3 Å². The molecule has 1 saturated heterocycles. The van der Waals surface area contributed by atoms with E-state index in [1.165, 1.54) is 11.0 Å². The molecule has 46 heavy (non-hydrogen) atoms. The molecule has 0 atom stereocenters. The first-order chi connectivity index (χ1) is 22.2. The largest absolute Gasteiger partial charge is 0.428 e. The van der Waals surface area contributed by atoms with Gasteiger partial charge in [-0.25, -0.2) is 4.39 Å². The van der Waals surface area contributed by atoms with Crippen molar-refractivity contribution in [1.82, 2.24) is 19.9 Å². The molecular formula is C35H37FN4O6. The van der Waals surface area contributed by atoms with Crippen LogP contribution in [-0.4, -0.2) is 71.8 Å². The van der Waals surface area contributed by atoms with Crippen molar-refractivity contribution in [2.45, 2.75) is 39.2 Å². The van der Waals surface area contributed by atoms with E-state index < -0.39 is 24.1 Å². The number of benzene rings is 3. The van der Waals surface area contributed by atoms with Gasteiger partial charge in [0.15, 0.2) is 0 Å². The Morgan fingerprint density at radius 2 is 1.63 bits per heavy atom. The Bertz CT molecular complexity index is 1660. The van der Waals surface area contributed by atoms with Crippen LogP contribution in [-0.2, 0) is 30.4 Å². The number of carbonyl (C=O) groups excluding carboxylic acids is 3. The number of halogens is 1. The fourth-order valence-corrected chi connectivity index (χ4v) is 5.56. The molecule has 0 saturated carbocycles. The molecule has 0 radical (unpaired) electrons. The molecule has 5 rings (SSSR count). The molecule has 0 aliphatic carbocycles. The van der Waals surface area contributed by atoms with Crippen molar-refractivity contribution in [3.63, 3.8) is 0 Å². The molecule has 10 nitrogen and oxygen atoms in total. The zero-order valence-electron chi connectivity index (χ0n) is 26.2. The lowest BCUT2D eigenvalue weighted by Crippen LogP contribution is -2.53. The minimum absolute atomic E-state index is 0.222. The van der Waals surface area contributed by atoms with E-state index in [4.69, 9.17) is 14.0 Å². The van der Waals surface area contributed by atoms with Gasteiger partial charge in [-0.05, 0) is 42.5 Å². The molecule has 240 valence electrons. The van der Waals surface area contributed by atoms with E-state index in [1.54, 1.807) is 26.2 Å². The summed E-state index contributed by atoms with van der Waals surface area (Å²) in [5, 5.41) is 4.10. The second-order valence-corrected chi connectivity index (χ2v) is 11.6. The van der Waals surface area contributed by atoms with E-state index in [0.717, 1.165) is 16.7 Å². The van der Waals surface area contributed by atoms with Crippen LogP contribution in [0.1, 0.15) is 38.2 Å². The summed E-state index contributed by atoms with van der Waals surface area (Å²) in [6, 6.07) is 21.9. The van der Waals surface area contributed by atoms with E-state index in [-0.39, 0.29) is 36.9 Å². The number of nitrogens with zero attached hydrogens (tertiary/aromatic N) is 4. The van der Waals surface area contributed by atoms with Gasteiger partial charge in [-0.2, -0.15) is 4.98 Å². The summed E-state index contributed by atoms with van der Waals surface area (Å²) < 4.78 is 30.6. The third-order valence-electron chi connectivity index (χ3n) is 8.13. The molecule has 1 fully saturated rings. The highest BCUT2D eigenvalue weighted by Crippen LogP contribution is 2.36. The Morgan fingerprint density at radius 3 is 2.28 bits per heavy atom. The van der Waals surface area contributed by atoms with Gasteiger partial charge in [0, 0.05) is 56.8 Å². The monoisotopic (exact) mass is 628 g/mol. The third-order valence-corrected chi connectivity index (χ3v) is 8.13. The SMILES string of the molecule is CCCC(=O)OCOC(=O)C1(C(=O)N(C)C)CCN(Cc2ccc(-c3noc(-c4ccc(-c5ccccc5)c(F)c4)n3)cc2)CC1. The Hall–Kier alpha value is -4.90. The number of hydrogen-bond acceptors (Lipinski definition) is 9. The number of rotatable bonds is 11. The van der Waals surface area contributed by atoms with Crippen LogP contribution < -0.4 is 0 Å². The molecule has 11 heteroatoms. The number of carbonyl (C=O) groups is 3. The molecule has 1 aliphatic rings. The topological polar surface area (TPSA) is 115 Å². The summed E-state index contributed by atoms with van der Waals surface area (Å²) in [6.45, 7) is 2.96. The molecule has 0 unspecified atom stereocenters. The predicted octanol–water partition coefficient (Wildman–Crippen LogP) is 5.72. The minimum atomic E-state index is -1.33. The van der Waals surface area contributed by atoms with E-state index >= 15 is 0 Å². The average Bonchev–Trinajstić information content (AvgIpc) is 3.56. The van der Waals surface area contributed by atoms with Crippen molar-refractivity contribution < 1.29 is 32.8 Å². The standard InChI is InChI=1S/C35H37FN4O6/c1-4-8-30(41)44-23-45-34(43)35(33(42)39(2)3)17-19-40(20-18-35)22-24-11-13-26(14-12-24)31-37-32(46-38-31)27-15-16-28(29(36)21-27)25-9-6-5-7-10-25/h5-7,9-16,21H,4,8,17-20,22-23H2,1-3H3. The first-order valence-corrected chi connectivity index (χ1v) is 15.3. The predicted molar refractivity (Wildman–Crippen MR) is 168 cm³/mol. The molecule has 2 heterocycles. The summed E-state index contributed by atoms with van der Waals surface area (Å²) in [4.78, 5) is 45.9. The van der Waals surface area contributed by atoms with E-state index in [9.17, 15) is 18.8 Å². The lowest BCUT2D eigenvalue weighted by atomic mass is 9.77. The van der Waals surface area contributed by atoms with Gasteiger partial charge in [0.25, 0.3) is 5.89 Å². The molecule has 1 aliphatic heterocycles. The summed E-state index contributed by atoms with van der Waals surface area (Å²) in [6.07, 6.45) is 1.42. The minimum Gasteiger partial charge on any atom is -0.428 e. The van der Waals surface area contributed by atoms with E-state index in [2.05, 4.69) is 15.0 Å². The molecule has 0 spiro atoms. The van der Waals surface area contributed by atoms with Crippen molar-refractivity contribution >= 4 is 17.8 Å². The highest BCUT2D eigenvalue weighted by molar-refractivity contribution is 6.02. The highest BCUT2D eigenvalue weighted by atomic mass is 19.1. The maximum absolute atomic E-state index is 14.9.